The molecule has 4 aliphatic carbocycles. The van der Waals surface area contributed by atoms with Crippen LogP contribution < -0.4 is 0 Å². The van der Waals surface area contributed by atoms with Crippen molar-refractivity contribution in [2.24, 2.45) is 52.3 Å². The number of hydrogen-bond donors (Lipinski definition) is 1. The first-order valence-corrected chi connectivity index (χ1v) is 16.1. The van der Waals surface area contributed by atoms with Crippen LogP contribution in [0.3, 0.4) is 0 Å². The summed E-state index contributed by atoms with van der Waals surface area (Å²) >= 11 is 0. The molecule has 0 aromatic heterocycles. The number of esters is 1. The fourth-order valence-corrected chi connectivity index (χ4v) is 10.0. The van der Waals surface area contributed by atoms with Gasteiger partial charge < -0.3 is 9.84 Å². The van der Waals surface area contributed by atoms with Crippen molar-refractivity contribution in [2.75, 3.05) is 0 Å². The van der Waals surface area contributed by atoms with Gasteiger partial charge in [-0.15, -0.1) is 0 Å². The minimum Gasteiger partial charge on any atom is -0.481 e. The molecule has 0 saturated heterocycles. The molecule has 0 spiro atoms. The average Bonchev–Trinajstić information content (AvgIpc) is 3.21. The molecule has 0 amide bonds. The van der Waals surface area contributed by atoms with Gasteiger partial charge in [0.25, 0.3) is 0 Å². The smallest absolute Gasteiger partial charge is 0.306 e. The minimum atomic E-state index is -0.851. The molecule has 9 atom stereocenters. The van der Waals surface area contributed by atoms with Gasteiger partial charge in [0.2, 0.25) is 0 Å². The van der Waals surface area contributed by atoms with E-state index in [0.29, 0.717) is 11.8 Å². The number of rotatable bonds is 11. The summed E-state index contributed by atoms with van der Waals surface area (Å²) < 4.78 is 5.82. The second kappa shape index (κ2) is 12.0. The lowest BCUT2D eigenvalue weighted by atomic mass is 9.47. The number of carbonyl (C=O) groups is 2. The molecule has 0 aliphatic heterocycles. The zero-order valence-electron chi connectivity index (χ0n) is 25.3. The second-order valence-electron chi connectivity index (χ2n) is 14.6. The molecule has 0 heterocycles. The first-order valence-electron chi connectivity index (χ1n) is 16.1. The number of carbonyl (C=O) groups excluding carboxylic acids is 1. The Kier molecular flexibility index (Phi) is 9.40. The fraction of sp³-hybridized carbons (Fsp3) is 0.882. The lowest BCUT2D eigenvalue weighted by molar-refractivity contribution is -0.151. The van der Waals surface area contributed by atoms with Crippen molar-refractivity contribution in [3.8, 4) is 0 Å². The van der Waals surface area contributed by atoms with Crippen LogP contribution in [0.5, 0.6) is 0 Å². The zero-order valence-corrected chi connectivity index (χ0v) is 25.3. The van der Waals surface area contributed by atoms with E-state index in [-0.39, 0.29) is 30.3 Å². The van der Waals surface area contributed by atoms with Gasteiger partial charge >= 0.3 is 11.9 Å². The Hall–Kier alpha value is -1.32. The van der Waals surface area contributed by atoms with Crippen LogP contribution in [0.1, 0.15) is 131 Å². The molecule has 0 aromatic carbocycles. The van der Waals surface area contributed by atoms with E-state index in [9.17, 15) is 9.59 Å². The quantitative estimate of drug-likeness (QED) is 0.215. The summed E-state index contributed by atoms with van der Waals surface area (Å²) in [5, 5.41) is 8.83. The summed E-state index contributed by atoms with van der Waals surface area (Å²) in [6.07, 6.45) is 17.0. The lowest BCUT2D eigenvalue weighted by Gasteiger charge is -2.58. The van der Waals surface area contributed by atoms with Crippen LogP contribution in [0.15, 0.2) is 11.6 Å². The predicted molar refractivity (Wildman–Crippen MR) is 154 cm³/mol. The Morgan fingerprint density at radius 3 is 2.47 bits per heavy atom. The van der Waals surface area contributed by atoms with Gasteiger partial charge in [0, 0.05) is 19.3 Å². The maximum atomic E-state index is 12.3. The van der Waals surface area contributed by atoms with Gasteiger partial charge in [-0.05, 0) is 110 Å². The zero-order chi connectivity index (χ0) is 27.7. The highest BCUT2D eigenvalue weighted by molar-refractivity contribution is 5.71. The molecule has 0 radical (unpaired) electrons. The SMILES string of the molecule is CC[C@@H](CC[C@@H](C)[C@H]1CC[C@H]2[C@@H]3CC=C4C[C@@H](OC(=O)CCCC(=O)O)CC[C@]4(C)[C@H]3CC[C@]12C)C(C)C. The van der Waals surface area contributed by atoms with Crippen molar-refractivity contribution in [3.05, 3.63) is 11.6 Å². The molecule has 0 unspecified atom stereocenters. The molecule has 3 fully saturated rings. The van der Waals surface area contributed by atoms with Gasteiger partial charge in [0.1, 0.15) is 6.10 Å². The molecule has 4 heteroatoms. The van der Waals surface area contributed by atoms with Crippen molar-refractivity contribution < 1.29 is 19.4 Å². The molecule has 0 aromatic rings. The number of fused-ring (bicyclic) bond motifs is 5. The Bertz CT molecular complexity index is 876. The van der Waals surface area contributed by atoms with Crippen molar-refractivity contribution >= 4 is 11.9 Å². The van der Waals surface area contributed by atoms with E-state index in [4.69, 9.17) is 9.84 Å². The topological polar surface area (TPSA) is 63.6 Å². The molecule has 38 heavy (non-hydrogen) atoms. The molecule has 1 N–H and O–H groups in total. The second-order valence-corrected chi connectivity index (χ2v) is 14.6. The van der Waals surface area contributed by atoms with Crippen LogP contribution in [0.2, 0.25) is 0 Å². The highest BCUT2D eigenvalue weighted by Crippen LogP contribution is 2.67. The molecule has 4 nitrogen and oxygen atoms in total. The monoisotopic (exact) mass is 528 g/mol. The average molecular weight is 529 g/mol. The van der Waals surface area contributed by atoms with Crippen molar-refractivity contribution in [1.82, 2.24) is 0 Å². The molecule has 4 aliphatic rings. The first-order chi connectivity index (χ1) is 18.0. The number of hydrogen-bond acceptors (Lipinski definition) is 3. The van der Waals surface area contributed by atoms with Crippen LogP contribution in [0.4, 0.5) is 0 Å². The maximum absolute atomic E-state index is 12.3. The normalized spacial score (nSPS) is 38.0. The van der Waals surface area contributed by atoms with Gasteiger partial charge in [0.15, 0.2) is 0 Å². The Labute approximate surface area is 232 Å². The van der Waals surface area contributed by atoms with Gasteiger partial charge in [-0.2, -0.15) is 0 Å². The van der Waals surface area contributed by atoms with E-state index < -0.39 is 5.97 Å². The predicted octanol–water partition coefficient (Wildman–Crippen LogP) is 8.83. The fourth-order valence-electron chi connectivity index (χ4n) is 10.0. The van der Waals surface area contributed by atoms with Gasteiger partial charge in [-0.25, -0.2) is 0 Å². The molecule has 0 bridgehead atoms. The van der Waals surface area contributed by atoms with Crippen LogP contribution in [0.25, 0.3) is 0 Å². The minimum absolute atomic E-state index is 0.0307. The maximum Gasteiger partial charge on any atom is 0.306 e. The summed E-state index contributed by atoms with van der Waals surface area (Å²) in [6, 6.07) is 0. The molecular weight excluding hydrogens is 472 g/mol. The molecular formula is C34H56O4. The van der Waals surface area contributed by atoms with E-state index in [1.807, 2.05) is 0 Å². The van der Waals surface area contributed by atoms with Gasteiger partial charge in [0.05, 0.1) is 0 Å². The van der Waals surface area contributed by atoms with Gasteiger partial charge in [-0.1, -0.05) is 66.0 Å². The van der Waals surface area contributed by atoms with Crippen LogP contribution in [0, 0.1) is 52.3 Å². The number of allylic oxidation sites excluding steroid dienone is 1. The number of ether oxygens (including phenoxy) is 1. The summed E-state index contributed by atoms with van der Waals surface area (Å²) in [5.41, 5.74) is 2.30. The number of carboxylic acid groups (broad SMARTS) is 1. The van der Waals surface area contributed by atoms with Crippen molar-refractivity contribution in [3.63, 3.8) is 0 Å². The van der Waals surface area contributed by atoms with Crippen LogP contribution >= 0.6 is 0 Å². The van der Waals surface area contributed by atoms with E-state index in [0.717, 1.165) is 60.7 Å². The number of carboxylic acids is 1. The van der Waals surface area contributed by atoms with Crippen LogP contribution in [-0.4, -0.2) is 23.1 Å². The molecule has 4 rings (SSSR count). The summed E-state index contributed by atoms with van der Waals surface area (Å²) in [7, 11) is 0. The van der Waals surface area contributed by atoms with Crippen molar-refractivity contribution in [2.45, 2.75) is 138 Å². The lowest BCUT2D eigenvalue weighted by Crippen LogP contribution is -2.51. The van der Waals surface area contributed by atoms with E-state index in [2.05, 4.69) is 47.6 Å². The Morgan fingerprint density at radius 1 is 1.03 bits per heavy atom. The standard InChI is InChI=1S/C34H56O4/c1-7-24(22(2)3)12-11-23(4)28-15-16-29-27-14-13-25-21-26(38-32(37)10-8-9-31(35)36)17-19-33(25,5)30(27)18-20-34(28,29)6/h13,22-24,26-30H,7-12,14-21H2,1-6H3,(H,35,36)/t23-,24+,26+,27+,28-,29+,30+,33+,34-/m1/s1. The van der Waals surface area contributed by atoms with E-state index >= 15 is 0 Å². The third-order valence-electron chi connectivity index (χ3n) is 12.3. The van der Waals surface area contributed by atoms with Crippen molar-refractivity contribution in [1.29, 1.82) is 0 Å². The Balaban J connectivity index is 1.38. The van der Waals surface area contributed by atoms with Gasteiger partial charge in [-0.3, -0.25) is 9.59 Å². The highest BCUT2D eigenvalue weighted by atomic mass is 16.5. The highest BCUT2D eigenvalue weighted by Gasteiger charge is 2.59. The third-order valence-corrected chi connectivity index (χ3v) is 12.3. The number of aliphatic carboxylic acids is 1. The largest absolute Gasteiger partial charge is 0.481 e. The first kappa shape index (κ1) is 29.7. The summed E-state index contributed by atoms with van der Waals surface area (Å²) in [4.78, 5) is 23.1. The summed E-state index contributed by atoms with van der Waals surface area (Å²) in [5.74, 6) is 4.76. The molecule has 216 valence electrons. The van der Waals surface area contributed by atoms with Crippen LogP contribution in [-0.2, 0) is 14.3 Å². The third kappa shape index (κ3) is 5.90. The van der Waals surface area contributed by atoms with E-state index in [1.165, 1.54) is 51.4 Å². The molecule has 3 saturated carbocycles. The Morgan fingerprint density at radius 2 is 1.79 bits per heavy atom. The summed E-state index contributed by atoms with van der Waals surface area (Å²) in [6.45, 7) is 14.9. The van der Waals surface area contributed by atoms with E-state index in [1.54, 1.807) is 5.57 Å².